The number of hydrogen-bond donors (Lipinski definition) is 0. The minimum Gasteiger partial charge on any atom is -0.420 e. The summed E-state index contributed by atoms with van der Waals surface area (Å²) in [6, 6.07) is 7.73. The number of carbonyl (C=O) groups is 1. The van der Waals surface area contributed by atoms with E-state index in [0.717, 1.165) is 18.2 Å². The predicted molar refractivity (Wildman–Crippen MR) is 118 cm³/mol. The van der Waals surface area contributed by atoms with Gasteiger partial charge in [0.15, 0.2) is 5.75 Å². The summed E-state index contributed by atoms with van der Waals surface area (Å²) >= 11 is 6.44. The highest BCUT2D eigenvalue weighted by Crippen LogP contribution is 2.35. The Morgan fingerprint density at radius 1 is 1.12 bits per heavy atom. The van der Waals surface area contributed by atoms with Crippen LogP contribution >= 0.6 is 11.6 Å². The number of halogens is 1. The molecular weight excluding hydrogens is 456 g/mol. The molecule has 33 heavy (non-hydrogen) atoms. The van der Waals surface area contributed by atoms with Gasteiger partial charge in [-0.25, -0.2) is 4.79 Å². The number of non-ortho nitro benzene ring substituents is 2. The third-order valence-electron chi connectivity index (χ3n) is 5.12. The van der Waals surface area contributed by atoms with Gasteiger partial charge in [-0.05, 0) is 18.2 Å². The first-order valence-corrected chi connectivity index (χ1v) is 10.2. The van der Waals surface area contributed by atoms with Crippen molar-refractivity contribution < 1.29 is 24.1 Å². The first-order chi connectivity index (χ1) is 15.8. The number of carbonyl (C=O) groups excluding carboxylic acids is 1. The Hall–Kier alpha value is -3.67. The molecule has 2 heterocycles. The third-order valence-corrected chi connectivity index (χ3v) is 5.44. The smallest absolute Gasteiger partial charge is 0.344 e. The lowest BCUT2D eigenvalue weighted by atomic mass is 10.1. The quantitative estimate of drug-likeness (QED) is 0.227. The molecule has 170 valence electrons. The Morgan fingerprint density at radius 3 is 2.42 bits per heavy atom. The molecule has 0 aliphatic carbocycles. The maximum absolute atomic E-state index is 13.0. The fourth-order valence-corrected chi connectivity index (χ4v) is 3.82. The number of aromatic nitrogens is 1. The van der Waals surface area contributed by atoms with Gasteiger partial charge in [-0.1, -0.05) is 11.6 Å². The van der Waals surface area contributed by atoms with Crippen LogP contribution < -0.4 is 4.74 Å². The molecule has 0 N–H and O–H groups in total. The number of nitro benzene ring substituents is 2. The molecule has 0 atom stereocenters. The van der Waals surface area contributed by atoms with Gasteiger partial charge in [0.25, 0.3) is 11.4 Å². The van der Waals surface area contributed by atoms with E-state index in [1.165, 1.54) is 6.20 Å². The Morgan fingerprint density at radius 2 is 1.79 bits per heavy atom. The van der Waals surface area contributed by atoms with Crippen molar-refractivity contribution in [3.8, 4) is 5.75 Å². The van der Waals surface area contributed by atoms with Crippen molar-refractivity contribution in [1.82, 2.24) is 9.88 Å². The molecule has 0 saturated carbocycles. The number of ether oxygens (including phenoxy) is 2. The van der Waals surface area contributed by atoms with Gasteiger partial charge in [-0.15, -0.1) is 0 Å². The fourth-order valence-electron chi connectivity index (χ4n) is 3.53. The zero-order valence-corrected chi connectivity index (χ0v) is 17.9. The zero-order valence-electron chi connectivity index (χ0n) is 17.1. The van der Waals surface area contributed by atoms with Crippen molar-refractivity contribution in [2.75, 3.05) is 26.3 Å². The summed E-state index contributed by atoms with van der Waals surface area (Å²) in [4.78, 5) is 40.1. The highest BCUT2D eigenvalue weighted by atomic mass is 35.5. The minimum atomic E-state index is -0.987. The molecule has 0 amide bonds. The average Bonchev–Trinajstić information content (AvgIpc) is 2.81. The van der Waals surface area contributed by atoms with Gasteiger partial charge in [0, 0.05) is 48.9 Å². The van der Waals surface area contributed by atoms with Gasteiger partial charge >= 0.3 is 5.97 Å². The van der Waals surface area contributed by atoms with Crippen molar-refractivity contribution in [2.45, 2.75) is 6.54 Å². The molecule has 0 unspecified atom stereocenters. The molecule has 3 aromatic rings. The van der Waals surface area contributed by atoms with Gasteiger partial charge in [0.05, 0.1) is 39.7 Å². The standard InChI is InChI=1S/C21H17ClN4O7/c22-18-10-14(12-24-4-6-32-7-5-24)20(19-17(18)2-1-3-23-19)33-21(27)13-8-15(25(28)29)11-16(9-13)26(30)31/h1-3,8-11H,4-7,12H2. The van der Waals surface area contributed by atoms with Crippen LogP contribution in [0.5, 0.6) is 5.75 Å². The van der Waals surface area contributed by atoms with Crippen LogP contribution in [0, 0.1) is 20.2 Å². The number of pyridine rings is 1. The molecule has 0 bridgehead atoms. The maximum Gasteiger partial charge on any atom is 0.344 e. The van der Waals surface area contributed by atoms with Crippen LogP contribution in [0.4, 0.5) is 11.4 Å². The van der Waals surface area contributed by atoms with Crippen LogP contribution in [0.2, 0.25) is 5.02 Å². The monoisotopic (exact) mass is 472 g/mol. The summed E-state index contributed by atoms with van der Waals surface area (Å²) in [5.74, 6) is -0.847. The molecule has 1 aromatic heterocycles. The second kappa shape index (κ2) is 9.45. The van der Waals surface area contributed by atoms with Crippen LogP contribution in [0.3, 0.4) is 0 Å². The molecule has 12 heteroatoms. The van der Waals surface area contributed by atoms with Gasteiger partial charge in [0.2, 0.25) is 0 Å². The summed E-state index contributed by atoms with van der Waals surface area (Å²) in [6.45, 7) is 2.86. The Bertz CT molecular complexity index is 1230. The summed E-state index contributed by atoms with van der Waals surface area (Å²) in [6.07, 6.45) is 1.52. The van der Waals surface area contributed by atoms with E-state index in [1.54, 1.807) is 18.2 Å². The average molecular weight is 473 g/mol. The number of benzene rings is 2. The largest absolute Gasteiger partial charge is 0.420 e. The van der Waals surface area contributed by atoms with Crippen molar-refractivity contribution in [2.24, 2.45) is 0 Å². The van der Waals surface area contributed by atoms with Crippen LogP contribution in [-0.4, -0.2) is 52.0 Å². The lowest BCUT2D eigenvalue weighted by molar-refractivity contribution is -0.394. The number of hydrogen-bond acceptors (Lipinski definition) is 9. The van der Waals surface area contributed by atoms with Crippen LogP contribution in [0.15, 0.2) is 42.6 Å². The van der Waals surface area contributed by atoms with E-state index in [4.69, 9.17) is 21.1 Å². The topological polar surface area (TPSA) is 138 Å². The molecule has 2 aromatic carbocycles. The summed E-state index contributed by atoms with van der Waals surface area (Å²) in [5.41, 5.74) is -0.595. The van der Waals surface area contributed by atoms with Crippen LogP contribution in [0.1, 0.15) is 15.9 Å². The predicted octanol–water partition coefficient (Wildman–Crippen LogP) is 3.76. The number of rotatable bonds is 6. The van der Waals surface area contributed by atoms with E-state index in [1.807, 2.05) is 0 Å². The van der Waals surface area contributed by atoms with Gasteiger partial charge < -0.3 is 9.47 Å². The van der Waals surface area contributed by atoms with Crippen molar-refractivity contribution in [3.05, 3.63) is 79.0 Å². The molecule has 1 saturated heterocycles. The summed E-state index contributed by atoms with van der Waals surface area (Å²) in [7, 11) is 0. The highest BCUT2D eigenvalue weighted by Gasteiger charge is 2.24. The van der Waals surface area contributed by atoms with Gasteiger partial charge in [-0.3, -0.25) is 30.1 Å². The van der Waals surface area contributed by atoms with Gasteiger partial charge in [-0.2, -0.15) is 0 Å². The van der Waals surface area contributed by atoms with E-state index in [2.05, 4.69) is 9.88 Å². The van der Waals surface area contributed by atoms with E-state index in [0.29, 0.717) is 54.3 Å². The first kappa shape index (κ1) is 22.5. The molecule has 11 nitrogen and oxygen atoms in total. The van der Waals surface area contributed by atoms with Crippen LogP contribution in [-0.2, 0) is 11.3 Å². The van der Waals surface area contributed by atoms with Crippen LogP contribution in [0.25, 0.3) is 10.9 Å². The Kier molecular flexibility index (Phi) is 6.45. The van der Waals surface area contributed by atoms with E-state index < -0.39 is 27.2 Å². The number of fused-ring (bicyclic) bond motifs is 1. The Labute approximate surface area is 191 Å². The fraction of sp³-hybridized carbons (Fsp3) is 0.238. The second-order valence-corrected chi connectivity index (χ2v) is 7.68. The van der Waals surface area contributed by atoms with Crippen molar-refractivity contribution >= 4 is 39.8 Å². The van der Waals surface area contributed by atoms with E-state index >= 15 is 0 Å². The molecule has 0 radical (unpaired) electrons. The molecule has 4 rings (SSSR count). The number of esters is 1. The zero-order chi connectivity index (χ0) is 23.5. The Balaban J connectivity index is 1.76. The number of morpholine rings is 1. The molecular formula is C21H17ClN4O7. The lowest BCUT2D eigenvalue weighted by Gasteiger charge is -2.27. The maximum atomic E-state index is 13.0. The molecule has 0 spiro atoms. The normalized spacial score (nSPS) is 14.2. The van der Waals surface area contributed by atoms with Gasteiger partial charge in [0.1, 0.15) is 5.52 Å². The van der Waals surface area contributed by atoms with Crippen molar-refractivity contribution in [1.29, 1.82) is 0 Å². The first-order valence-electron chi connectivity index (χ1n) is 9.86. The summed E-state index contributed by atoms with van der Waals surface area (Å²) < 4.78 is 11.0. The second-order valence-electron chi connectivity index (χ2n) is 7.28. The molecule has 1 fully saturated rings. The third kappa shape index (κ3) is 4.90. The molecule has 1 aliphatic heterocycles. The van der Waals surface area contributed by atoms with E-state index in [-0.39, 0.29) is 11.3 Å². The SMILES string of the molecule is O=C(Oc1c(CN2CCOCC2)cc(Cl)c2cccnc12)c1cc([N+](=O)[O-])cc([N+](=O)[O-])c1. The van der Waals surface area contributed by atoms with E-state index in [9.17, 15) is 25.0 Å². The van der Waals surface area contributed by atoms with Crippen molar-refractivity contribution in [3.63, 3.8) is 0 Å². The molecule has 1 aliphatic rings. The lowest BCUT2D eigenvalue weighted by Crippen LogP contribution is -2.35. The number of nitro groups is 2. The summed E-state index contributed by atoms with van der Waals surface area (Å²) in [5, 5.41) is 23.4. The minimum absolute atomic E-state index is 0.139. The number of nitrogens with zero attached hydrogens (tertiary/aromatic N) is 4. The highest BCUT2D eigenvalue weighted by molar-refractivity contribution is 6.35.